The first-order valence-corrected chi connectivity index (χ1v) is 8.53. The number of ether oxygens (including phenoxy) is 2. The van der Waals surface area contributed by atoms with Gasteiger partial charge < -0.3 is 19.4 Å². The first kappa shape index (κ1) is 15.7. The van der Waals surface area contributed by atoms with Gasteiger partial charge >= 0.3 is 0 Å². The van der Waals surface area contributed by atoms with Crippen molar-refractivity contribution in [3.63, 3.8) is 0 Å². The van der Waals surface area contributed by atoms with Crippen molar-refractivity contribution in [2.45, 2.75) is 25.3 Å². The van der Waals surface area contributed by atoms with E-state index in [1.165, 1.54) is 0 Å². The van der Waals surface area contributed by atoms with Crippen LogP contribution in [-0.2, 0) is 13.5 Å². The molecule has 6 nitrogen and oxygen atoms in total. The second-order valence-corrected chi connectivity index (χ2v) is 6.41. The fourth-order valence-electron chi connectivity index (χ4n) is 3.53. The zero-order valence-corrected chi connectivity index (χ0v) is 14.1. The highest BCUT2D eigenvalue weighted by molar-refractivity contribution is 5.95. The summed E-state index contributed by atoms with van der Waals surface area (Å²) < 4.78 is 12.7. The van der Waals surface area contributed by atoms with E-state index in [0.717, 1.165) is 30.5 Å². The molecular formula is C19H20N2O4. The van der Waals surface area contributed by atoms with Crippen molar-refractivity contribution in [2.24, 2.45) is 7.05 Å². The molecule has 0 spiro atoms. The van der Waals surface area contributed by atoms with Gasteiger partial charge in [0.15, 0.2) is 11.5 Å². The van der Waals surface area contributed by atoms with Crippen LogP contribution in [0.1, 0.15) is 40.5 Å². The highest BCUT2D eigenvalue weighted by Crippen LogP contribution is 2.32. The molecule has 1 aromatic carbocycles. The van der Waals surface area contributed by atoms with E-state index in [1.54, 1.807) is 35.9 Å². The van der Waals surface area contributed by atoms with Crippen LogP contribution in [0.25, 0.3) is 0 Å². The molecule has 1 aromatic heterocycles. The van der Waals surface area contributed by atoms with Crippen molar-refractivity contribution in [2.75, 3.05) is 13.2 Å². The zero-order chi connectivity index (χ0) is 17.4. The molecule has 2 aromatic rings. The van der Waals surface area contributed by atoms with Gasteiger partial charge in [-0.25, -0.2) is 0 Å². The summed E-state index contributed by atoms with van der Waals surface area (Å²) >= 11 is 0. The molecule has 25 heavy (non-hydrogen) atoms. The maximum Gasteiger partial charge on any atom is 0.251 e. The lowest BCUT2D eigenvalue weighted by Gasteiger charge is -2.28. The Bertz CT molecular complexity index is 887. The fourth-order valence-corrected chi connectivity index (χ4v) is 3.53. The number of rotatable bonds is 2. The Morgan fingerprint density at radius 3 is 2.80 bits per heavy atom. The Balaban J connectivity index is 1.58. The SMILES string of the molecule is Cn1c2c(ccc1=O)C(NC(=O)c1ccc3c(c1)OCCO3)CCC2. The summed E-state index contributed by atoms with van der Waals surface area (Å²) in [6.07, 6.45) is 2.66. The smallest absolute Gasteiger partial charge is 0.251 e. The van der Waals surface area contributed by atoms with Crippen molar-refractivity contribution in [3.8, 4) is 11.5 Å². The standard InChI is InChI=1S/C19H20N2O4/c1-21-15-4-2-3-14(13(15)6-8-18(21)22)20-19(23)12-5-7-16-17(11-12)25-10-9-24-16/h5-8,11,14H,2-4,9-10H2,1H3,(H,20,23). The molecule has 1 amide bonds. The van der Waals surface area contributed by atoms with E-state index < -0.39 is 0 Å². The Labute approximate surface area is 145 Å². The maximum absolute atomic E-state index is 12.7. The monoisotopic (exact) mass is 340 g/mol. The van der Waals surface area contributed by atoms with Gasteiger partial charge in [-0.2, -0.15) is 0 Å². The molecule has 0 fully saturated rings. The molecule has 1 atom stereocenters. The number of nitrogens with zero attached hydrogens (tertiary/aromatic N) is 1. The quantitative estimate of drug-likeness (QED) is 0.907. The molecule has 2 aliphatic rings. The Hall–Kier alpha value is -2.76. The molecule has 130 valence electrons. The largest absolute Gasteiger partial charge is 0.486 e. The second kappa shape index (κ2) is 6.27. The molecule has 1 N–H and O–H groups in total. The number of carbonyl (C=O) groups is 1. The van der Waals surface area contributed by atoms with Gasteiger partial charge in [-0.1, -0.05) is 0 Å². The van der Waals surface area contributed by atoms with Crippen molar-refractivity contribution >= 4 is 5.91 Å². The summed E-state index contributed by atoms with van der Waals surface area (Å²) in [5.74, 6) is 1.12. The van der Waals surface area contributed by atoms with Crippen molar-refractivity contribution < 1.29 is 14.3 Å². The van der Waals surface area contributed by atoms with E-state index in [-0.39, 0.29) is 17.5 Å². The van der Waals surface area contributed by atoms with Gasteiger partial charge in [0, 0.05) is 24.4 Å². The Morgan fingerprint density at radius 1 is 1.16 bits per heavy atom. The third kappa shape index (κ3) is 2.88. The molecule has 0 saturated carbocycles. The van der Waals surface area contributed by atoms with Crippen LogP contribution in [0, 0.1) is 0 Å². The third-order valence-corrected chi connectivity index (χ3v) is 4.87. The lowest BCUT2D eigenvalue weighted by Crippen LogP contribution is -2.34. The first-order valence-electron chi connectivity index (χ1n) is 8.53. The normalized spacial score (nSPS) is 18.4. The van der Waals surface area contributed by atoms with E-state index >= 15 is 0 Å². The fraction of sp³-hybridized carbons (Fsp3) is 0.368. The predicted octanol–water partition coefficient (Wildman–Crippen LogP) is 1.96. The average molecular weight is 340 g/mol. The molecule has 1 aliphatic carbocycles. The van der Waals surface area contributed by atoms with Crippen LogP contribution in [0.5, 0.6) is 11.5 Å². The minimum atomic E-state index is -0.149. The van der Waals surface area contributed by atoms with Gasteiger partial charge in [-0.05, 0) is 49.1 Å². The van der Waals surface area contributed by atoms with E-state index in [0.29, 0.717) is 30.3 Å². The number of hydrogen-bond donors (Lipinski definition) is 1. The predicted molar refractivity (Wildman–Crippen MR) is 92.3 cm³/mol. The molecule has 0 radical (unpaired) electrons. The molecular weight excluding hydrogens is 320 g/mol. The number of amides is 1. The zero-order valence-electron chi connectivity index (χ0n) is 14.1. The average Bonchev–Trinajstić information content (AvgIpc) is 2.64. The molecule has 0 saturated heterocycles. The Kier molecular flexibility index (Phi) is 3.95. The molecule has 1 unspecified atom stereocenters. The van der Waals surface area contributed by atoms with E-state index in [4.69, 9.17) is 9.47 Å². The van der Waals surface area contributed by atoms with Gasteiger partial charge in [-0.15, -0.1) is 0 Å². The number of pyridine rings is 1. The lowest BCUT2D eigenvalue weighted by molar-refractivity contribution is 0.0931. The lowest BCUT2D eigenvalue weighted by atomic mass is 9.90. The summed E-state index contributed by atoms with van der Waals surface area (Å²) in [4.78, 5) is 24.5. The van der Waals surface area contributed by atoms with Gasteiger partial charge in [0.05, 0.1) is 6.04 Å². The number of benzene rings is 1. The number of aromatic nitrogens is 1. The van der Waals surface area contributed by atoms with E-state index in [9.17, 15) is 9.59 Å². The van der Waals surface area contributed by atoms with Crippen LogP contribution >= 0.6 is 0 Å². The van der Waals surface area contributed by atoms with Crippen LogP contribution in [0.15, 0.2) is 35.1 Å². The minimum absolute atomic E-state index is 0.0161. The summed E-state index contributed by atoms with van der Waals surface area (Å²) in [6, 6.07) is 8.54. The van der Waals surface area contributed by atoms with Crippen molar-refractivity contribution in [3.05, 3.63) is 57.5 Å². The van der Waals surface area contributed by atoms with Crippen LogP contribution in [0.2, 0.25) is 0 Å². The molecule has 1 aliphatic heterocycles. The third-order valence-electron chi connectivity index (χ3n) is 4.87. The van der Waals surface area contributed by atoms with Crippen LogP contribution < -0.4 is 20.3 Å². The number of fused-ring (bicyclic) bond motifs is 2. The molecule has 2 heterocycles. The second-order valence-electron chi connectivity index (χ2n) is 6.41. The summed E-state index contributed by atoms with van der Waals surface area (Å²) in [7, 11) is 1.78. The molecule has 6 heteroatoms. The van der Waals surface area contributed by atoms with Gasteiger partial charge in [0.1, 0.15) is 13.2 Å². The van der Waals surface area contributed by atoms with Crippen LogP contribution in [0.4, 0.5) is 0 Å². The molecule has 4 rings (SSSR count). The van der Waals surface area contributed by atoms with Gasteiger partial charge in [-0.3, -0.25) is 9.59 Å². The summed E-state index contributed by atoms with van der Waals surface area (Å²) in [6.45, 7) is 1.01. The highest BCUT2D eigenvalue weighted by atomic mass is 16.6. The topological polar surface area (TPSA) is 69.6 Å². The van der Waals surface area contributed by atoms with Crippen LogP contribution in [-0.4, -0.2) is 23.7 Å². The minimum Gasteiger partial charge on any atom is -0.486 e. The van der Waals surface area contributed by atoms with Gasteiger partial charge in [0.25, 0.3) is 5.91 Å². The summed E-state index contributed by atoms with van der Waals surface area (Å²) in [5.41, 5.74) is 2.56. The van der Waals surface area contributed by atoms with Crippen molar-refractivity contribution in [1.82, 2.24) is 9.88 Å². The Morgan fingerprint density at radius 2 is 1.96 bits per heavy atom. The first-order chi connectivity index (χ1) is 12.1. The van der Waals surface area contributed by atoms with E-state index in [1.807, 2.05) is 6.07 Å². The highest BCUT2D eigenvalue weighted by Gasteiger charge is 2.24. The number of nitrogens with one attached hydrogen (secondary N) is 1. The van der Waals surface area contributed by atoms with Gasteiger partial charge in [0.2, 0.25) is 5.56 Å². The van der Waals surface area contributed by atoms with Crippen molar-refractivity contribution in [1.29, 1.82) is 0 Å². The van der Waals surface area contributed by atoms with E-state index in [2.05, 4.69) is 5.32 Å². The maximum atomic E-state index is 12.7. The summed E-state index contributed by atoms with van der Waals surface area (Å²) in [5, 5.41) is 3.09. The van der Waals surface area contributed by atoms with Crippen LogP contribution in [0.3, 0.4) is 0 Å². The molecule has 0 bridgehead atoms. The number of hydrogen-bond acceptors (Lipinski definition) is 4. The number of carbonyl (C=O) groups excluding carboxylic acids is 1.